The first-order valence-corrected chi connectivity index (χ1v) is 6.45. The molecular formula is C14H17N3O. The Hall–Kier alpha value is -1.68. The van der Waals surface area contributed by atoms with E-state index in [9.17, 15) is 0 Å². The minimum atomic E-state index is 0.670. The Morgan fingerprint density at radius 2 is 2.17 bits per heavy atom. The molecule has 4 heteroatoms. The number of hydrogen-bond acceptors (Lipinski definition) is 4. The van der Waals surface area contributed by atoms with Crippen LogP contribution in [0.1, 0.15) is 12.8 Å². The molecule has 1 aliphatic rings. The van der Waals surface area contributed by atoms with Crippen molar-refractivity contribution in [1.82, 2.24) is 9.97 Å². The molecule has 1 saturated carbocycles. The third kappa shape index (κ3) is 2.96. The summed E-state index contributed by atoms with van der Waals surface area (Å²) in [7, 11) is 0. The summed E-state index contributed by atoms with van der Waals surface area (Å²) in [6.07, 6.45) is 4.51. The lowest BCUT2D eigenvalue weighted by atomic mass is 10.2. The molecule has 0 bridgehead atoms. The van der Waals surface area contributed by atoms with Gasteiger partial charge in [0, 0.05) is 24.7 Å². The molecule has 1 aromatic heterocycles. The van der Waals surface area contributed by atoms with Gasteiger partial charge in [0.25, 0.3) is 0 Å². The smallest absolute Gasteiger partial charge is 0.223 e. The van der Waals surface area contributed by atoms with Gasteiger partial charge >= 0.3 is 0 Å². The van der Waals surface area contributed by atoms with Crippen LogP contribution in [0.5, 0.6) is 0 Å². The first kappa shape index (κ1) is 11.4. The van der Waals surface area contributed by atoms with Crippen LogP contribution in [0, 0.1) is 5.92 Å². The molecule has 2 aromatic rings. The summed E-state index contributed by atoms with van der Waals surface area (Å²) in [6, 6.07) is 7.98. The molecule has 1 heterocycles. The van der Waals surface area contributed by atoms with Crippen LogP contribution in [-0.4, -0.2) is 29.7 Å². The second-order valence-electron chi connectivity index (χ2n) is 4.70. The van der Waals surface area contributed by atoms with E-state index in [0.717, 1.165) is 30.0 Å². The second-order valence-corrected chi connectivity index (χ2v) is 4.70. The van der Waals surface area contributed by atoms with Gasteiger partial charge in [-0.3, -0.25) is 0 Å². The molecule has 3 rings (SSSR count). The molecular weight excluding hydrogens is 226 g/mol. The predicted octanol–water partition coefficient (Wildman–Crippen LogP) is 2.47. The van der Waals surface area contributed by atoms with Crippen LogP contribution in [0.15, 0.2) is 30.5 Å². The molecule has 18 heavy (non-hydrogen) atoms. The zero-order valence-corrected chi connectivity index (χ0v) is 10.3. The normalized spacial score (nSPS) is 14.9. The first-order valence-electron chi connectivity index (χ1n) is 6.45. The monoisotopic (exact) mass is 243 g/mol. The molecule has 1 aromatic carbocycles. The molecule has 1 aliphatic carbocycles. The van der Waals surface area contributed by atoms with Crippen molar-refractivity contribution in [1.29, 1.82) is 0 Å². The fourth-order valence-corrected chi connectivity index (χ4v) is 1.83. The van der Waals surface area contributed by atoms with Gasteiger partial charge < -0.3 is 10.1 Å². The number of nitrogens with zero attached hydrogens (tertiary/aromatic N) is 2. The van der Waals surface area contributed by atoms with E-state index < -0.39 is 0 Å². The van der Waals surface area contributed by atoms with Crippen molar-refractivity contribution in [3.63, 3.8) is 0 Å². The lowest BCUT2D eigenvalue weighted by molar-refractivity contribution is 0.134. The summed E-state index contributed by atoms with van der Waals surface area (Å²) in [5, 5.41) is 4.25. The van der Waals surface area contributed by atoms with E-state index in [-0.39, 0.29) is 0 Å². The molecule has 0 radical (unpaired) electrons. The summed E-state index contributed by atoms with van der Waals surface area (Å²) in [4.78, 5) is 8.72. The molecule has 0 unspecified atom stereocenters. The van der Waals surface area contributed by atoms with Crippen LogP contribution in [0.25, 0.3) is 10.9 Å². The Bertz CT molecular complexity index is 525. The number of hydrogen-bond donors (Lipinski definition) is 1. The Morgan fingerprint density at radius 3 is 3.06 bits per heavy atom. The van der Waals surface area contributed by atoms with E-state index in [1.54, 1.807) is 0 Å². The van der Waals surface area contributed by atoms with E-state index in [2.05, 4.69) is 15.3 Å². The third-order valence-electron chi connectivity index (χ3n) is 3.07. The Labute approximate surface area is 106 Å². The first-order chi connectivity index (χ1) is 8.92. The lowest BCUT2D eigenvalue weighted by Crippen LogP contribution is -2.12. The molecule has 1 fully saturated rings. The van der Waals surface area contributed by atoms with Crippen LogP contribution >= 0.6 is 0 Å². The van der Waals surface area contributed by atoms with Crippen LogP contribution in [0.4, 0.5) is 5.95 Å². The number of fused-ring (bicyclic) bond motifs is 1. The van der Waals surface area contributed by atoms with Crippen LogP contribution in [0.2, 0.25) is 0 Å². The standard InChI is InChI=1S/C14H17N3O/c1-2-4-13-12(3-1)9-16-14(17-13)15-7-8-18-10-11-5-6-11/h1-4,9,11H,5-8,10H2,(H,15,16,17). The van der Waals surface area contributed by atoms with Gasteiger partial charge in [0.05, 0.1) is 12.1 Å². The molecule has 0 spiro atoms. The van der Waals surface area contributed by atoms with Crippen molar-refractivity contribution in [2.75, 3.05) is 25.1 Å². The minimum absolute atomic E-state index is 0.670. The number of aromatic nitrogens is 2. The van der Waals surface area contributed by atoms with E-state index in [1.807, 2.05) is 30.5 Å². The quantitative estimate of drug-likeness (QED) is 0.792. The predicted molar refractivity (Wildman–Crippen MR) is 71.6 cm³/mol. The van der Waals surface area contributed by atoms with Crippen molar-refractivity contribution in [3.8, 4) is 0 Å². The number of rotatable bonds is 6. The molecule has 1 N–H and O–H groups in total. The van der Waals surface area contributed by atoms with Gasteiger partial charge in [-0.25, -0.2) is 9.97 Å². The number of ether oxygens (including phenoxy) is 1. The Kier molecular flexibility index (Phi) is 3.37. The highest BCUT2D eigenvalue weighted by molar-refractivity contribution is 5.78. The van der Waals surface area contributed by atoms with Crippen molar-refractivity contribution in [2.24, 2.45) is 5.92 Å². The maximum absolute atomic E-state index is 5.55. The minimum Gasteiger partial charge on any atom is -0.379 e. The number of nitrogens with one attached hydrogen (secondary N) is 1. The number of para-hydroxylation sites is 1. The molecule has 4 nitrogen and oxygen atoms in total. The molecule has 0 atom stereocenters. The van der Waals surface area contributed by atoms with Crippen LogP contribution in [-0.2, 0) is 4.74 Å². The highest BCUT2D eigenvalue weighted by Gasteiger charge is 2.20. The summed E-state index contributed by atoms with van der Waals surface area (Å²) in [5.41, 5.74) is 0.967. The van der Waals surface area contributed by atoms with Gasteiger partial charge in [-0.2, -0.15) is 0 Å². The average Bonchev–Trinajstić information content (AvgIpc) is 3.22. The molecule has 0 saturated heterocycles. The zero-order valence-electron chi connectivity index (χ0n) is 10.3. The maximum Gasteiger partial charge on any atom is 0.223 e. The third-order valence-corrected chi connectivity index (χ3v) is 3.07. The van der Waals surface area contributed by atoms with E-state index in [1.165, 1.54) is 12.8 Å². The highest BCUT2D eigenvalue weighted by atomic mass is 16.5. The zero-order chi connectivity index (χ0) is 12.2. The fourth-order valence-electron chi connectivity index (χ4n) is 1.83. The summed E-state index contributed by atoms with van der Waals surface area (Å²) >= 11 is 0. The van der Waals surface area contributed by atoms with E-state index in [4.69, 9.17) is 4.74 Å². The highest BCUT2D eigenvalue weighted by Crippen LogP contribution is 2.28. The largest absolute Gasteiger partial charge is 0.379 e. The Balaban J connectivity index is 1.50. The van der Waals surface area contributed by atoms with Gasteiger partial charge in [-0.05, 0) is 24.8 Å². The van der Waals surface area contributed by atoms with Gasteiger partial charge in [0.15, 0.2) is 0 Å². The van der Waals surface area contributed by atoms with Gasteiger partial charge in [0.1, 0.15) is 0 Å². The maximum atomic E-state index is 5.55. The van der Waals surface area contributed by atoms with Crippen molar-refractivity contribution >= 4 is 16.9 Å². The van der Waals surface area contributed by atoms with Crippen LogP contribution in [0.3, 0.4) is 0 Å². The summed E-state index contributed by atoms with van der Waals surface area (Å²) in [5.74, 6) is 1.49. The topological polar surface area (TPSA) is 47.0 Å². The number of anilines is 1. The van der Waals surface area contributed by atoms with Gasteiger partial charge in [0.2, 0.25) is 5.95 Å². The van der Waals surface area contributed by atoms with Crippen LogP contribution < -0.4 is 5.32 Å². The van der Waals surface area contributed by atoms with E-state index in [0.29, 0.717) is 12.6 Å². The Morgan fingerprint density at radius 1 is 1.28 bits per heavy atom. The lowest BCUT2D eigenvalue weighted by Gasteiger charge is -2.06. The summed E-state index contributed by atoms with van der Waals surface area (Å²) in [6.45, 7) is 2.37. The molecule has 0 amide bonds. The van der Waals surface area contributed by atoms with Crippen molar-refractivity contribution in [3.05, 3.63) is 30.5 Å². The van der Waals surface area contributed by atoms with Gasteiger partial charge in [-0.15, -0.1) is 0 Å². The SMILES string of the molecule is c1ccc2nc(NCCOCC3CC3)ncc2c1. The average molecular weight is 243 g/mol. The molecule has 94 valence electrons. The van der Waals surface area contributed by atoms with Crippen molar-refractivity contribution in [2.45, 2.75) is 12.8 Å². The molecule has 0 aliphatic heterocycles. The fraction of sp³-hybridized carbons (Fsp3) is 0.429. The van der Waals surface area contributed by atoms with Gasteiger partial charge in [-0.1, -0.05) is 18.2 Å². The second kappa shape index (κ2) is 5.31. The van der Waals surface area contributed by atoms with Crippen molar-refractivity contribution < 1.29 is 4.74 Å². The number of benzene rings is 1. The summed E-state index contributed by atoms with van der Waals surface area (Å²) < 4.78 is 5.55. The van der Waals surface area contributed by atoms with E-state index >= 15 is 0 Å².